The molecule has 0 spiro atoms. The van der Waals surface area contributed by atoms with Gasteiger partial charge in [-0.2, -0.15) is 0 Å². The zero-order valence-electron chi connectivity index (χ0n) is 12.1. The van der Waals surface area contributed by atoms with E-state index >= 15 is 0 Å². The highest BCUT2D eigenvalue weighted by Crippen LogP contribution is 2.26. The number of fused-ring (bicyclic) bond motifs is 1. The van der Waals surface area contributed by atoms with Gasteiger partial charge < -0.3 is 5.32 Å². The molecule has 3 heteroatoms. The monoisotopic (exact) mass is 407 g/mol. The van der Waals surface area contributed by atoms with Crippen LogP contribution in [-0.4, -0.2) is 6.04 Å². The Bertz CT molecular complexity index is 639. The second-order valence-corrected chi connectivity index (χ2v) is 7.63. The minimum atomic E-state index is 0.379. The molecule has 1 aliphatic carbocycles. The van der Waals surface area contributed by atoms with Gasteiger partial charge >= 0.3 is 0 Å². The molecular formula is C18H19Br2N. The molecule has 1 unspecified atom stereocenters. The maximum Gasteiger partial charge on any atom is 0.0294 e. The van der Waals surface area contributed by atoms with E-state index in [2.05, 4.69) is 86.6 Å². The maximum absolute atomic E-state index is 3.79. The molecule has 0 amide bonds. The summed E-state index contributed by atoms with van der Waals surface area (Å²) >= 11 is 7.11. The fourth-order valence-corrected chi connectivity index (χ4v) is 3.92. The summed E-state index contributed by atoms with van der Waals surface area (Å²) in [5.74, 6) is 0. The highest BCUT2D eigenvalue weighted by atomic mass is 79.9. The normalized spacial score (nSPS) is 19.1. The van der Waals surface area contributed by atoms with Gasteiger partial charge in [-0.15, -0.1) is 0 Å². The summed E-state index contributed by atoms with van der Waals surface area (Å²) < 4.78 is 2.34. The Hall–Kier alpha value is -0.640. The lowest BCUT2D eigenvalue weighted by Gasteiger charge is -2.29. The topological polar surface area (TPSA) is 12.0 Å². The van der Waals surface area contributed by atoms with Crippen molar-refractivity contribution in [3.8, 4) is 0 Å². The molecule has 2 aromatic carbocycles. The Morgan fingerprint density at radius 1 is 1.05 bits per heavy atom. The van der Waals surface area contributed by atoms with Crippen molar-refractivity contribution >= 4 is 31.9 Å². The van der Waals surface area contributed by atoms with Crippen molar-refractivity contribution in [2.24, 2.45) is 0 Å². The van der Waals surface area contributed by atoms with Crippen LogP contribution in [0.15, 0.2) is 51.4 Å². The van der Waals surface area contributed by atoms with Gasteiger partial charge in [-0.05, 0) is 67.1 Å². The number of benzene rings is 2. The molecule has 0 aliphatic heterocycles. The Labute approximate surface area is 143 Å². The maximum atomic E-state index is 3.79. The largest absolute Gasteiger partial charge is 0.307 e. The first-order valence-electron chi connectivity index (χ1n) is 7.40. The van der Waals surface area contributed by atoms with E-state index in [1.165, 1.54) is 27.6 Å². The van der Waals surface area contributed by atoms with E-state index in [4.69, 9.17) is 0 Å². The number of hydrogen-bond donors (Lipinski definition) is 1. The average Bonchev–Trinajstić information content (AvgIpc) is 2.47. The van der Waals surface area contributed by atoms with E-state index in [1.807, 2.05) is 0 Å². The summed E-state index contributed by atoms with van der Waals surface area (Å²) in [5.41, 5.74) is 4.33. The first-order chi connectivity index (χ1) is 10.1. The van der Waals surface area contributed by atoms with Crippen molar-refractivity contribution in [1.29, 1.82) is 0 Å². The third-order valence-electron chi connectivity index (χ3n) is 4.23. The van der Waals surface area contributed by atoms with Gasteiger partial charge in [-0.3, -0.25) is 0 Å². The van der Waals surface area contributed by atoms with E-state index in [-0.39, 0.29) is 0 Å². The molecule has 3 rings (SSSR count). The van der Waals surface area contributed by atoms with Crippen molar-refractivity contribution in [2.45, 2.75) is 38.3 Å². The third-order valence-corrected chi connectivity index (χ3v) is 5.22. The van der Waals surface area contributed by atoms with Crippen molar-refractivity contribution in [1.82, 2.24) is 5.32 Å². The summed E-state index contributed by atoms with van der Waals surface area (Å²) in [4.78, 5) is 0. The van der Waals surface area contributed by atoms with E-state index in [0.29, 0.717) is 12.1 Å². The van der Waals surface area contributed by atoms with Gasteiger partial charge in [0.15, 0.2) is 0 Å². The van der Waals surface area contributed by atoms with Crippen LogP contribution in [0.3, 0.4) is 0 Å². The molecule has 110 valence electrons. The molecule has 0 aromatic heterocycles. The van der Waals surface area contributed by atoms with Gasteiger partial charge in [0, 0.05) is 21.0 Å². The van der Waals surface area contributed by atoms with Crippen LogP contribution >= 0.6 is 31.9 Å². The van der Waals surface area contributed by atoms with Crippen molar-refractivity contribution in [2.75, 3.05) is 0 Å². The zero-order valence-corrected chi connectivity index (χ0v) is 15.2. The van der Waals surface area contributed by atoms with Gasteiger partial charge in [0.25, 0.3) is 0 Å². The molecule has 2 atom stereocenters. The van der Waals surface area contributed by atoms with Gasteiger partial charge in [0.2, 0.25) is 0 Å². The smallest absolute Gasteiger partial charge is 0.0294 e. The van der Waals surface area contributed by atoms with Crippen LogP contribution in [0, 0.1) is 0 Å². The van der Waals surface area contributed by atoms with E-state index in [1.54, 1.807) is 0 Å². The molecular weight excluding hydrogens is 390 g/mol. The number of aryl methyl sites for hydroxylation is 1. The quantitative estimate of drug-likeness (QED) is 0.714. The van der Waals surface area contributed by atoms with Crippen LogP contribution in [-0.2, 0) is 12.8 Å². The predicted octanol–water partition coefficient (Wildman–Crippen LogP) is 5.42. The lowest BCUT2D eigenvalue weighted by atomic mass is 9.88. The van der Waals surface area contributed by atoms with Crippen LogP contribution in [0.4, 0.5) is 0 Å². The molecule has 21 heavy (non-hydrogen) atoms. The minimum Gasteiger partial charge on any atom is -0.307 e. The summed E-state index contributed by atoms with van der Waals surface area (Å²) in [6, 6.07) is 16.2. The molecule has 1 aliphatic rings. The average molecular weight is 409 g/mol. The molecule has 0 saturated heterocycles. The van der Waals surface area contributed by atoms with Gasteiger partial charge in [-0.1, -0.05) is 50.1 Å². The van der Waals surface area contributed by atoms with Crippen LogP contribution in [0.1, 0.15) is 36.1 Å². The van der Waals surface area contributed by atoms with Crippen molar-refractivity contribution < 1.29 is 0 Å². The number of hydrogen-bond acceptors (Lipinski definition) is 1. The molecule has 0 bridgehead atoms. The minimum absolute atomic E-state index is 0.379. The van der Waals surface area contributed by atoms with Gasteiger partial charge in [-0.25, -0.2) is 0 Å². The standard InChI is InChI=1S/C18H19Br2N/c1-12(13-3-2-4-16(19)9-13)21-18-8-6-14-10-17(20)7-5-15(14)11-18/h2-5,7,9-10,12,18,21H,6,8,11H2,1H3/t12-,18?/m0/s1. The molecule has 0 heterocycles. The number of rotatable bonds is 3. The van der Waals surface area contributed by atoms with Crippen LogP contribution in [0.25, 0.3) is 0 Å². The third kappa shape index (κ3) is 3.77. The molecule has 0 fully saturated rings. The lowest BCUT2D eigenvalue weighted by Crippen LogP contribution is -2.36. The van der Waals surface area contributed by atoms with Crippen molar-refractivity contribution in [3.05, 3.63) is 68.1 Å². The fourth-order valence-electron chi connectivity index (χ4n) is 3.09. The summed E-state index contributed by atoms with van der Waals surface area (Å²) in [6.07, 6.45) is 3.50. The number of nitrogens with one attached hydrogen (secondary N) is 1. The lowest BCUT2D eigenvalue weighted by molar-refractivity contribution is 0.413. The van der Waals surface area contributed by atoms with Gasteiger partial charge in [0.1, 0.15) is 0 Å². The Balaban J connectivity index is 1.68. The van der Waals surface area contributed by atoms with Gasteiger partial charge in [0.05, 0.1) is 0 Å². The van der Waals surface area contributed by atoms with Crippen LogP contribution in [0.2, 0.25) is 0 Å². The molecule has 2 aromatic rings. The Morgan fingerprint density at radius 2 is 1.86 bits per heavy atom. The molecule has 1 nitrogen and oxygen atoms in total. The summed E-state index contributed by atoms with van der Waals surface area (Å²) in [7, 11) is 0. The van der Waals surface area contributed by atoms with Crippen LogP contribution in [0.5, 0.6) is 0 Å². The van der Waals surface area contributed by atoms with E-state index in [9.17, 15) is 0 Å². The first-order valence-corrected chi connectivity index (χ1v) is 8.99. The number of halogens is 2. The van der Waals surface area contributed by atoms with E-state index < -0.39 is 0 Å². The second-order valence-electron chi connectivity index (χ2n) is 5.80. The molecule has 0 saturated carbocycles. The van der Waals surface area contributed by atoms with Crippen molar-refractivity contribution in [3.63, 3.8) is 0 Å². The predicted molar refractivity (Wildman–Crippen MR) is 95.6 cm³/mol. The second kappa shape index (κ2) is 6.64. The molecule has 1 N–H and O–H groups in total. The first kappa shape index (κ1) is 15.3. The zero-order chi connectivity index (χ0) is 14.8. The molecule has 0 radical (unpaired) electrons. The summed E-state index contributed by atoms with van der Waals surface area (Å²) in [6.45, 7) is 2.25. The highest BCUT2D eigenvalue weighted by Gasteiger charge is 2.20. The fraction of sp³-hybridized carbons (Fsp3) is 0.333. The summed E-state index contributed by atoms with van der Waals surface area (Å²) in [5, 5.41) is 3.79. The highest BCUT2D eigenvalue weighted by molar-refractivity contribution is 9.10. The Morgan fingerprint density at radius 3 is 2.67 bits per heavy atom. The Kier molecular flexibility index (Phi) is 4.82. The van der Waals surface area contributed by atoms with Crippen LogP contribution < -0.4 is 5.32 Å². The van der Waals surface area contributed by atoms with E-state index in [0.717, 1.165) is 17.3 Å². The SMILES string of the molecule is C[C@H](NC1CCc2cc(Br)ccc2C1)c1cccc(Br)c1.